The molecule has 1 fully saturated rings. The van der Waals surface area contributed by atoms with Crippen LogP contribution in [0.2, 0.25) is 0 Å². The number of nitrogens with one attached hydrogen (secondary N) is 1. The van der Waals surface area contributed by atoms with E-state index in [9.17, 15) is 14.4 Å². The van der Waals surface area contributed by atoms with E-state index in [4.69, 9.17) is 0 Å². The van der Waals surface area contributed by atoms with Gasteiger partial charge in [-0.2, -0.15) is 0 Å². The molecule has 6 nitrogen and oxygen atoms in total. The van der Waals surface area contributed by atoms with E-state index in [-0.39, 0.29) is 23.6 Å². The van der Waals surface area contributed by atoms with Crippen LogP contribution in [0.1, 0.15) is 45.5 Å². The van der Waals surface area contributed by atoms with Crippen LogP contribution in [0.3, 0.4) is 0 Å². The van der Waals surface area contributed by atoms with Gasteiger partial charge in [0.2, 0.25) is 5.91 Å². The van der Waals surface area contributed by atoms with Crippen LogP contribution < -0.4 is 10.2 Å². The maximum Gasteiger partial charge on any atom is 0.254 e. The van der Waals surface area contributed by atoms with Gasteiger partial charge in [-0.25, -0.2) is 0 Å². The van der Waals surface area contributed by atoms with Gasteiger partial charge in [0, 0.05) is 43.0 Å². The third-order valence-corrected chi connectivity index (χ3v) is 6.32. The van der Waals surface area contributed by atoms with Crippen molar-refractivity contribution >= 4 is 23.4 Å². The minimum atomic E-state index is -0.136. The third-order valence-electron chi connectivity index (χ3n) is 6.32. The second-order valence-electron chi connectivity index (χ2n) is 8.44. The molecule has 1 N–H and O–H groups in total. The zero-order valence-corrected chi connectivity index (χ0v) is 18.3. The minimum absolute atomic E-state index is 0.00818. The molecule has 3 amide bonds. The monoisotopic (exact) mass is 431 g/mol. The van der Waals surface area contributed by atoms with Crippen LogP contribution in [-0.4, -0.2) is 48.8 Å². The summed E-state index contributed by atoms with van der Waals surface area (Å²) in [4.78, 5) is 41.7. The van der Waals surface area contributed by atoms with Crippen molar-refractivity contribution in [2.45, 2.75) is 25.7 Å². The van der Waals surface area contributed by atoms with Crippen molar-refractivity contribution < 1.29 is 14.4 Å². The fourth-order valence-corrected chi connectivity index (χ4v) is 4.68. The number of rotatable bonds is 5. The van der Waals surface area contributed by atoms with E-state index in [0.717, 1.165) is 36.9 Å². The Kier molecular flexibility index (Phi) is 6.69. The van der Waals surface area contributed by atoms with Crippen molar-refractivity contribution in [3.63, 3.8) is 0 Å². The molecule has 32 heavy (non-hydrogen) atoms. The van der Waals surface area contributed by atoms with Crippen LogP contribution in [-0.2, 0) is 11.2 Å². The van der Waals surface area contributed by atoms with Gasteiger partial charge in [-0.3, -0.25) is 14.4 Å². The summed E-state index contributed by atoms with van der Waals surface area (Å²) < 4.78 is 0. The molecular formula is C26H29N3O3. The fourth-order valence-electron chi connectivity index (χ4n) is 4.68. The summed E-state index contributed by atoms with van der Waals surface area (Å²) >= 11 is 0. The second-order valence-corrected chi connectivity index (χ2v) is 8.44. The molecule has 1 atom stereocenters. The van der Waals surface area contributed by atoms with Gasteiger partial charge in [-0.1, -0.05) is 30.8 Å². The second kappa shape index (κ2) is 9.81. The Hall–Kier alpha value is -3.41. The SMILES string of the molecule is C=CC(=O)N1CCCc2c(C(=O)N3CCCC(CNC(=O)c4ccccc4)C3)cccc21. The quantitative estimate of drug-likeness (QED) is 0.738. The lowest BCUT2D eigenvalue weighted by Gasteiger charge is -2.35. The van der Waals surface area contributed by atoms with Gasteiger partial charge in [0.15, 0.2) is 0 Å². The minimum Gasteiger partial charge on any atom is -0.352 e. The highest BCUT2D eigenvalue weighted by Gasteiger charge is 2.29. The first-order chi connectivity index (χ1) is 15.6. The lowest BCUT2D eigenvalue weighted by molar-refractivity contribution is -0.114. The number of likely N-dealkylation sites (tertiary alicyclic amines) is 1. The normalized spacial score (nSPS) is 17.9. The largest absolute Gasteiger partial charge is 0.352 e. The molecule has 2 aliphatic heterocycles. The summed E-state index contributed by atoms with van der Waals surface area (Å²) in [6, 6.07) is 14.8. The van der Waals surface area contributed by atoms with Gasteiger partial charge >= 0.3 is 0 Å². The predicted molar refractivity (Wildman–Crippen MR) is 125 cm³/mol. The van der Waals surface area contributed by atoms with Crippen molar-refractivity contribution in [2.75, 3.05) is 31.1 Å². The summed E-state index contributed by atoms with van der Waals surface area (Å²) in [5.74, 6) is 0.00785. The average molecular weight is 432 g/mol. The lowest BCUT2D eigenvalue weighted by Crippen LogP contribution is -2.44. The van der Waals surface area contributed by atoms with E-state index in [1.807, 2.05) is 41.3 Å². The molecule has 0 radical (unpaired) electrons. The van der Waals surface area contributed by atoms with E-state index in [2.05, 4.69) is 11.9 Å². The number of carbonyl (C=O) groups excluding carboxylic acids is 3. The molecular weight excluding hydrogens is 402 g/mol. The maximum atomic E-state index is 13.4. The molecule has 2 aromatic rings. The van der Waals surface area contributed by atoms with Crippen LogP contribution in [0.15, 0.2) is 61.2 Å². The van der Waals surface area contributed by atoms with E-state index >= 15 is 0 Å². The lowest BCUT2D eigenvalue weighted by atomic mass is 9.93. The third kappa shape index (κ3) is 4.59. The summed E-state index contributed by atoms with van der Waals surface area (Å²) in [7, 11) is 0. The number of fused-ring (bicyclic) bond motifs is 1. The zero-order valence-electron chi connectivity index (χ0n) is 18.3. The number of hydrogen-bond acceptors (Lipinski definition) is 3. The van der Waals surface area contributed by atoms with Crippen LogP contribution in [0, 0.1) is 5.92 Å². The molecule has 2 aromatic carbocycles. The Balaban J connectivity index is 1.44. The standard InChI is InChI=1S/C26H29N3O3/c1-2-24(30)29-16-8-13-21-22(12-6-14-23(21)29)26(32)28-15-7-9-19(18-28)17-27-25(31)20-10-4-3-5-11-20/h2-6,10-12,14,19H,1,7-9,13,15-18H2,(H,27,31). The number of piperidine rings is 1. The molecule has 2 heterocycles. The number of nitrogens with zero attached hydrogens (tertiary/aromatic N) is 2. The van der Waals surface area contributed by atoms with Crippen LogP contribution in [0.5, 0.6) is 0 Å². The average Bonchev–Trinajstić information content (AvgIpc) is 2.86. The predicted octanol–water partition coefficient (Wildman–Crippen LogP) is 3.43. The molecule has 166 valence electrons. The summed E-state index contributed by atoms with van der Waals surface area (Å²) in [5.41, 5.74) is 3.08. The number of amides is 3. The molecule has 1 unspecified atom stereocenters. The van der Waals surface area contributed by atoms with E-state index in [1.54, 1.807) is 17.0 Å². The molecule has 0 aromatic heterocycles. The van der Waals surface area contributed by atoms with Crippen LogP contribution in [0.4, 0.5) is 5.69 Å². The molecule has 0 spiro atoms. The highest BCUT2D eigenvalue weighted by molar-refractivity contribution is 6.04. The van der Waals surface area contributed by atoms with Gasteiger partial charge in [-0.05, 0) is 67.5 Å². The fraction of sp³-hybridized carbons (Fsp3) is 0.346. The molecule has 2 aliphatic rings. The molecule has 0 bridgehead atoms. The van der Waals surface area contributed by atoms with E-state index in [0.29, 0.717) is 37.3 Å². The molecule has 0 aliphatic carbocycles. The van der Waals surface area contributed by atoms with Gasteiger partial charge in [-0.15, -0.1) is 0 Å². The Bertz CT molecular complexity index is 1020. The number of hydrogen-bond donors (Lipinski definition) is 1. The van der Waals surface area contributed by atoms with Crippen molar-refractivity contribution in [1.82, 2.24) is 10.2 Å². The summed E-state index contributed by atoms with van der Waals surface area (Å²) in [6.45, 7) is 6.12. The van der Waals surface area contributed by atoms with E-state index < -0.39 is 0 Å². The topological polar surface area (TPSA) is 69.7 Å². The summed E-state index contributed by atoms with van der Waals surface area (Å²) in [6.07, 6.45) is 4.82. The molecule has 1 saturated heterocycles. The van der Waals surface area contributed by atoms with Gasteiger partial charge < -0.3 is 15.1 Å². The highest BCUT2D eigenvalue weighted by Crippen LogP contribution is 2.31. The van der Waals surface area contributed by atoms with Gasteiger partial charge in [0.05, 0.1) is 0 Å². The van der Waals surface area contributed by atoms with Crippen LogP contribution in [0.25, 0.3) is 0 Å². The van der Waals surface area contributed by atoms with Gasteiger partial charge in [0.1, 0.15) is 0 Å². The van der Waals surface area contributed by atoms with Crippen LogP contribution >= 0.6 is 0 Å². The number of anilines is 1. The Morgan fingerprint density at radius 1 is 1.03 bits per heavy atom. The Morgan fingerprint density at radius 3 is 2.62 bits per heavy atom. The maximum absolute atomic E-state index is 13.4. The zero-order chi connectivity index (χ0) is 22.5. The van der Waals surface area contributed by atoms with Crippen molar-refractivity contribution in [3.05, 3.63) is 77.9 Å². The summed E-state index contributed by atoms with van der Waals surface area (Å²) in [5, 5.41) is 3.01. The molecule has 0 saturated carbocycles. The van der Waals surface area contributed by atoms with Gasteiger partial charge in [0.25, 0.3) is 11.8 Å². The Morgan fingerprint density at radius 2 is 1.84 bits per heavy atom. The number of benzene rings is 2. The highest BCUT2D eigenvalue weighted by atomic mass is 16.2. The molecule has 4 rings (SSSR count). The van der Waals surface area contributed by atoms with Crippen molar-refractivity contribution in [1.29, 1.82) is 0 Å². The molecule has 6 heteroatoms. The van der Waals surface area contributed by atoms with Crippen molar-refractivity contribution in [3.8, 4) is 0 Å². The Labute approximate surface area is 188 Å². The first kappa shape index (κ1) is 21.8. The first-order valence-corrected chi connectivity index (χ1v) is 11.3. The number of carbonyl (C=O) groups is 3. The van der Waals surface area contributed by atoms with E-state index in [1.165, 1.54) is 6.08 Å². The first-order valence-electron chi connectivity index (χ1n) is 11.3. The smallest absolute Gasteiger partial charge is 0.254 e. The van der Waals surface area contributed by atoms with Crippen molar-refractivity contribution in [2.24, 2.45) is 5.92 Å².